The van der Waals surface area contributed by atoms with Crippen LogP contribution < -0.4 is 5.32 Å². The zero-order valence-corrected chi connectivity index (χ0v) is 19.0. The molecule has 174 valence electrons. The molecule has 0 bridgehead atoms. The SMILES string of the molecule is CCC(=O)N[C@@H]1C[C@@H](C(=O)OC)[C@]2(C)CC[C@H]3C(=O)O[C@H](c4ccoc4)C[C@]3(C)[C@H]2C1=O. The van der Waals surface area contributed by atoms with Crippen molar-refractivity contribution in [1.82, 2.24) is 5.32 Å². The van der Waals surface area contributed by atoms with Gasteiger partial charge in [-0.05, 0) is 42.6 Å². The number of Topliss-reactive ketones (excluding diaryl/α,β-unsaturated/α-hetero) is 1. The Morgan fingerprint density at radius 2 is 2.00 bits per heavy atom. The molecule has 1 N–H and O–H groups in total. The molecule has 0 aromatic carbocycles. The summed E-state index contributed by atoms with van der Waals surface area (Å²) in [5, 5.41) is 2.81. The largest absolute Gasteiger partial charge is 0.472 e. The molecule has 7 atom stereocenters. The molecule has 0 spiro atoms. The number of esters is 2. The van der Waals surface area contributed by atoms with Crippen molar-refractivity contribution in [2.45, 2.75) is 65.0 Å². The molecule has 1 amide bonds. The summed E-state index contributed by atoms with van der Waals surface area (Å²) < 4.78 is 16.1. The summed E-state index contributed by atoms with van der Waals surface area (Å²) >= 11 is 0. The summed E-state index contributed by atoms with van der Waals surface area (Å²) in [6.45, 7) is 5.64. The number of amides is 1. The van der Waals surface area contributed by atoms with Gasteiger partial charge in [0.1, 0.15) is 6.10 Å². The fraction of sp³-hybridized carbons (Fsp3) is 0.667. The fourth-order valence-corrected chi connectivity index (χ4v) is 6.62. The van der Waals surface area contributed by atoms with Gasteiger partial charge in [0.25, 0.3) is 0 Å². The number of hydrogen-bond acceptors (Lipinski definition) is 7. The zero-order valence-electron chi connectivity index (χ0n) is 19.0. The van der Waals surface area contributed by atoms with Crippen molar-refractivity contribution in [3.8, 4) is 0 Å². The normalized spacial score (nSPS) is 38.8. The van der Waals surface area contributed by atoms with Crippen LogP contribution in [0.15, 0.2) is 23.0 Å². The molecule has 32 heavy (non-hydrogen) atoms. The Kier molecular flexibility index (Phi) is 5.67. The van der Waals surface area contributed by atoms with E-state index in [-0.39, 0.29) is 36.5 Å². The predicted molar refractivity (Wildman–Crippen MR) is 112 cm³/mol. The van der Waals surface area contributed by atoms with Gasteiger partial charge in [-0.2, -0.15) is 0 Å². The minimum Gasteiger partial charge on any atom is -0.472 e. The molecule has 8 nitrogen and oxygen atoms in total. The van der Waals surface area contributed by atoms with Gasteiger partial charge in [-0.25, -0.2) is 0 Å². The van der Waals surface area contributed by atoms with E-state index in [4.69, 9.17) is 13.9 Å². The molecule has 3 fully saturated rings. The van der Waals surface area contributed by atoms with Crippen LogP contribution in [0.5, 0.6) is 0 Å². The summed E-state index contributed by atoms with van der Waals surface area (Å²) in [4.78, 5) is 52.0. The van der Waals surface area contributed by atoms with Crippen LogP contribution in [0.2, 0.25) is 0 Å². The van der Waals surface area contributed by atoms with E-state index in [2.05, 4.69) is 5.32 Å². The third kappa shape index (κ3) is 3.35. The van der Waals surface area contributed by atoms with Crippen molar-refractivity contribution in [2.24, 2.45) is 28.6 Å². The van der Waals surface area contributed by atoms with Crippen LogP contribution in [0.25, 0.3) is 0 Å². The van der Waals surface area contributed by atoms with Gasteiger partial charge >= 0.3 is 11.9 Å². The lowest BCUT2D eigenvalue weighted by molar-refractivity contribution is -0.204. The number of hydrogen-bond donors (Lipinski definition) is 1. The van der Waals surface area contributed by atoms with Gasteiger partial charge in [-0.15, -0.1) is 0 Å². The first kappa shape index (κ1) is 22.6. The molecule has 0 unspecified atom stereocenters. The van der Waals surface area contributed by atoms with Crippen molar-refractivity contribution < 1.29 is 33.1 Å². The van der Waals surface area contributed by atoms with Gasteiger partial charge in [-0.1, -0.05) is 20.8 Å². The second-order valence-electron chi connectivity index (χ2n) is 9.91. The number of ketones is 1. The number of furan rings is 1. The zero-order chi connectivity index (χ0) is 23.3. The van der Waals surface area contributed by atoms with Crippen LogP contribution in [0, 0.1) is 28.6 Å². The molecule has 1 aromatic heterocycles. The second kappa shape index (κ2) is 8.05. The van der Waals surface area contributed by atoms with Crippen LogP contribution >= 0.6 is 0 Å². The summed E-state index contributed by atoms with van der Waals surface area (Å²) in [5.74, 6) is -2.67. The van der Waals surface area contributed by atoms with Gasteiger partial charge in [0, 0.05) is 17.9 Å². The molecule has 4 rings (SSSR count). The van der Waals surface area contributed by atoms with Gasteiger partial charge in [0.15, 0.2) is 5.78 Å². The van der Waals surface area contributed by atoms with Crippen molar-refractivity contribution in [1.29, 1.82) is 0 Å². The maximum atomic E-state index is 13.9. The lowest BCUT2D eigenvalue weighted by atomic mass is 9.43. The summed E-state index contributed by atoms with van der Waals surface area (Å²) in [6, 6.07) is 0.971. The van der Waals surface area contributed by atoms with Crippen molar-refractivity contribution in [2.75, 3.05) is 7.11 Å². The number of cyclic esters (lactones) is 1. The van der Waals surface area contributed by atoms with Gasteiger partial charge in [0.05, 0.1) is 37.5 Å². The average molecular weight is 446 g/mol. The molecular weight excluding hydrogens is 414 g/mol. The average Bonchev–Trinajstić information content (AvgIpc) is 3.29. The van der Waals surface area contributed by atoms with E-state index < -0.39 is 40.7 Å². The third-order valence-corrected chi connectivity index (χ3v) is 8.21. The van der Waals surface area contributed by atoms with E-state index in [0.717, 1.165) is 5.56 Å². The topological polar surface area (TPSA) is 112 Å². The first-order valence-electron chi connectivity index (χ1n) is 11.3. The Morgan fingerprint density at radius 3 is 2.62 bits per heavy atom. The van der Waals surface area contributed by atoms with E-state index >= 15 is 0 Å². The monoisotopic (exact) mass is 445 g/mol. The van der Waals surface area contributed by atoms with E-state index in [1.54, 1.807) is 19.3 Å². The third-order valence-electron chi connectivity index (χ3n) is 8.21. The van der Waals surface area contributed by atoms with Crippen LogP contribution in [-0.2, 0) is 28.7 Å². The Balaban J connectivity index is 1.78. The molecule has 8 heteroatoms. The Hall–Kier alpha value is -2.64. The molecule has 1 aromatic rings. The highest BCUT2D eigenvalue weighted by atomic mass is 16.5. The highest BCUT2D eigenvalue weighted by molar-refractivity contribution is 5.95. The van der Waals surface area contributed by atoms with E-state index in [1.807, 2.05) is 13.8 Å². The van der Waals surface area contributed by atoms with E-state index in [1.165, 1.54) is 13.4 Å². The number of nitrogens with one attached hydrogen (secondary N) is 1. The highest BCUT2D eigenvalue weighted by Crippen LogP contribution is 2.64. The first-order chi connectivity index (χ1) is 15.2. The Labute approximate surface area is 187 Å². The number of methoxy groups -OCH3 is 1. The number of carbonyl (C=O) groups is 4. The minimum atomic E-state index is -0.787. The van der Waals surface area contributed by atoms with Crippen molar-refractivity contribution in [3.63, 3.8) is 0 Å². The molecule has 2 aliphatic carbocycles. The molecule has 2 heterocycles. The van der Waals surface area contributed by atoms with Crippen LogP contribution in [0.3, 0.4) is 0 Å². The summed E-state index contributed by atoms with van der Waals surface area (Å²) in [7, 11) is 1.34. The minimum absolute atomic E-state index is 0.109. The van der Waals surface area contributed by atoms with Crippen LogP contribution in [-0.4, -0.2) is 36.8 Å². The maximum Gasteiger partial charge on any atom is 0.310 e. The quantitative estimate of drug-likeness (QED) is 0.709. The lowest BCUT2D eigenvalue weighted by Crippen LogP contribution is -2.66. The van der Waals surface area contributed by atoms with Crippen LogP contribution in [0.1, 0.15) is 64.5 Å². The summed E-state index contributed by atoms with van der Waals surface area (Å²) in [6.07, 6.45) is 4.50. The molecule has 3 aliphatic rings. The smallest absolute Gasteiger partial charge is 0.310 e. The number of carbonyl (C=O) groups excluding carboxylic acids is 4. The lowest BCUT2D eigenvalue weighted by Gasteiger charge is -2.61. The van der Waals surface area contributed by atoms with Gasteiger partial charge in [0.2, 0.25) is 5.91 Å². The molecule has 2 saturated carbocycles. The predicted octanol–water partition coefficient (Wildman–Crippen LogP) is 2.96. The Morgan fingerprint density at radius 1 is 1.25 bits per heavy atom. The molecule has 1 aliphatic heterocycles. The fourth-order valence-electron chi connectivity index (χ4n) is 6.62. The van der Waals surface area contributed by atoms with Gasteiger partial charge < -0.3 is 19.2 Å². The molecular formula is C24H31NO7. The van der Waals surface area contributed by atoms with Gasteiger partial charge in [-0.3, -0.25) is 19.2 Å². The second-order valence-corrected chi connectivity index (χ2v) is 9.91. The molecule has 0 radical (unpaired) electrons. The summed E-state index contributed by atoms with van der Waals surface area (Å²) in [5.41, 5.74) is -0.668. The standard InChI is InChI=1S/C24H31NO7/c1-5-18(26)25-16-10-15(21(28)30-4)23(2)8-6-14-22(29)32-17(13-7-9-31-12-13)11-24(14,3)20(23)19(16)27/h7,9,12,14-17,20H,5-6,8,10-11H2,1-4H3,(H,25,26)/t14-,15-,16+,17-,20-,23-,24-/m0/s1. The molecule has 1 saturated heterocycles. The van der Waals surface area contributed by atoms with Crippen molar-refractivity contribution in [3.05, 3.63) is 24.2 Å². The van der Waals surface area contributed by atoms with Crippen molar-refractivity contribution >= 4 is 23.6 Å². The van der Waals surface area contributed by atoms with Crippen LogP contribution in [0.4, 0.5) is 0 Å². The van der Waals surface area contributed by atoms with E-state index in [9.17, 15) is 19.2 Å². The van der Waals surface area contributed by atoms with E-state index in [0.29, 0.717) is 19.3 Å². The number of fused-ring (bicyclic) bond motifs is 3. The highest BCUT2D eigenvalue weighted by Gasteiger charge is 2.67. The first-order valence-corrected chi connectivity index (χ1v) is 11.3. The number of ether oxygens (including phenoxy) is 2. The Bertz CT molecular complexity index is 925. The number of rotatable bonds is 4. The maximum absolute atomic E-state index is 13.9.